The fraction of sp³-hybridized carbons (Fsp3) is 0.500. The van der Waals surface area contributed by atoms with Gasteiger partial charge in [-0.15, -0.1) is 10.2 Å². The summed E-state index contributed by atoms with van der Waals surface area (Å²) < 4.78 is 7.72. The molecule has 2 aliphatic carbocycles. The maximum absolute atomic E-state index is 11.4. The zero-order valence-electron chi connectivity index (χ0n) is 13.3. The van der Waals surface area contributed by atoms with E-state index in [1.54, 1.807) is 0 Å². The molecule has 3 aliphatic rings. The van der Waals surface area contributed by atoms with Gasteiger partial charge in [0.05, 0.1) is 6.61 Å². The molecule has 0 amide bonds. The largest absolute Gasteiger partial charge is 0.479 e. The van der Waals surface area contributed by atoms with Crippen LogP contribution >= 0.6 is 0 Å². The number of carboxylic acid groups (broad SMARTS) is 1. The van der Waals surface area contributed by atoms with Crippen molar-refractivity contribution >= 4 is 5.97 Å². The zero-order chi connectivity index (χ0) is 16.3. The number of aliphatic carboxylic acids is 1. The first-order valence-corrected chi connectivity index (χ1v) is 8.65. The van der Waals surface area contributed by atoms with Crippen molar-refractivity contribution in [3.63, 3.8) is 0 Å². The molecule has 0 bridgehead atoms. The number of fused-ring (bicyclic) bond motifs is 1. The van der Waals surface area contributed by atoms with Crippen LogP contribution in [0.3, 0.4) is 0 Å². The van der Waals surface area contributed by atoms with Crippen LogP contribution in [0.25, 0.3) is 11.4 Å². The summed E-state index contributed by atoms with van der Waals surface area (Å²) in [7, 11) is 0. The minimum absolute atomic E-state index is 0.441. The van der Waals surface area contributed by atoms with Gasteiger partial charge in [-0.2, -0.15) is 0 Å². The lowest BCUT2D eigenvalue weighted by Crippen LogP contribution is -2.23. The smallest absolute Gasteiger partial charge is 0.337 e. The number of rotatable bonds is 4. The van der Waals surface area contributed by atoms with Crippen LogP contribution in [-0.2, 0) is 16.0 Å². The molecule has 1 unspecified atom stereocenters. The standard InChI is InChI=1S/C18H19N3O3/c22-18(23)15-14-6-3-12(9-11(14)7-8-24-15)17-20-19-16(10-1-2-10)21(17)13-4-5-13/h3,6,9-10,13,15H,1-2,4-5,7-8H2,(H,22,23). The average Bonchev–Trinajstić information content (AvgIpc) is 3.52. The Kier molecular flexibility index (Phi) is 3.03. The Morgan fingerprint density at radius 2 is 2.04 bits per heavy atom. The molecule has 2 fully saturated rings. The summed E-state index contributed by atoms with van der Waals surface area (Å²) in [4.78, 5) is 11.4. The topological polar surface area (TPSA) is 77.2 Å². The summed E-state index contributed by atoms with van der Waals surface area (Å²) in [6.45, 7) is 0.441. The Morgan fingerprint density at radius 1 is 1.21 bits per heavy atom. The molecule has 1 aromatic carbocycles. The summed E-state index contributed by atoms with van der Waals surface area (Å²) in [6.07, 6.45) is 4.71. The summed E-state index contributed by atoms with van der Waals surface area (Å²) in [6, 6.07) is 6.46. The maximum atomic E-state index is 11.4. The summed E-state index contributed by atoms with van der Waals surface area (Å²) >= 11 is 0. The van der Waals surface area contributed by atoms with Crippen molar-refractivity contribution in [3.05, 3.63) is 35.2 Å². The number of hydrogen-bond donors (Lipinski definition) is 1. The molecule has 2 heterocycles. The number of nitrogens with zero attached hydrogens (tertiary/aromatic N) is 3. The summed E-state index contributed by atoms with van der Waals surface area (Å²) in [5, 5.41) is 18.3. The molecule has 6 heteroatoms. The number of hydrogen-bond acceptors (Lipinski definition) is 4. The predicted molar refractivity (Wildman–Crippen MR) is 85.7 cm³/mol. The van der Waals surface area contributed by atoms with Crippen molar-refractivity contribution < 1.29 is 14.6 Å². The fourth-order valence-electron chi connectivity index (χ4n) is 3.61. The second-order valence-corrected chi connectivity index (χ2v) is 7.01. The molecule has 2 saturated carbocycles. The van der Waals surface area contributed by atoms with Crippen LogP contribution in [0, 0.1) is 0 Å². The van der Waals surface area contributed by atoms with Crippen molar-refractivity contribution in [2.45, 2.75) is 50.2 Å². The molecule has 0 saturated heterocycles. The highest BCUT2D eigenvalue weighted by Gasteiger charge is 2.37. The van der Waals surface area contributed by atoms with Crippen molar-refractivity contribution in [2.24, 2.45) is 0 Å². The van der Waals surface area contributed by atoms with Gasteiger partial charge in [0.1, 0.15) is 5.82 Å². The van der Waals surface area contributed by atoms with E-state index in [1.165, 1.54) is 25.7 Å². The minimum Gasteiger partial charge on any atom is -0.479 e. The van der Waals surface area contributed by atoms with Gasteiger partial charge in [-0.25, -0.2) is 4.79 Å². The highest BCUT2D eigenvalue weighted by atomic mass is 16.5. The Labute approximate surface area is 139 Å². The molecule has 0 spiro atoms. The van der Waals surface area contributed by atoms with Crippen molar-refractivity contribution in [1.29, 1.82) is 0 Å². The maximum Gasteiger partial charge on any atom is 0.337 e. The van der Waals surface area contributed by atoms with Crippen LogP contribution in [0.5, 0.6) is 0 Å². The molecule has 1 aliphatic heterocycles. The van der Waals surface area contributed by atoms with E-state index in [1.807, 2.05) is 12.1 Å². The Balaban J connectivity index is 1.57. The van der Waals surface area contributed by atoms with Gasteiger partial charge in [0.15, 0.2) is 11.9 Å². The zero-order valence-corrected chi connectivity index (χ0v) is 13.3. The lowest BCUT2D eigenvalue weighted by atomic mass is 9.95. The third-order valence-corrected chi connectivity index (χ3v) is 5.14. The number of ether oxygens (including phenoxy) is 1. The van der Waals surface area contributed by atoms with E-state index in [4.69, 9.17) is 4.74 Å². The number of benzene rings is 1. The summed E-state index contributed by atoms with van der Waals surface area (Å²) in [5.41, 5.74) is 2.84. The van der Waals surface area contributed by atoms with Crippen LogP contribution in [0.15, 0.2) is 18.2 Å². The highest BCUT2D eigenvalue weighted by Crippen LogP contribution is 2.46. The quantitative estimate of drug-likeness (QED) is 0.935. The Morgan fingerprint density at radius 3 is 2.75 bits per heavy atom. The Bertz CT molecular complexity index is 821. The fourth-order valence-corrected chi connectivity index (χ4v) is 3.61. The van der Waals surface area contributed by atoms with Crippen LogP contribution < -0.4 is 0 Å². The third-order valence-electron chi connectivity index (χ3n) is 5.14. The van der Waals surface area contributed by atoms with Crippen molar-refractivity contribution in [1.82, 2.24) is 14.8 Å². The van der Waals surface area contributed by atoms with Gasteiger partial charge in [-0.3, -0.25) is 0 Å². The van der Waals surface area contributed by atoms with Crippen LogP contribution in [0.1, 0.15) is 60.7 Å². The molecule has 1 atom stereocenters. The van der Waals surface area contributed by atoms with Gasteiger partial charge < -0.3 is 14.4 Å². The van der Waals surface area contributed by atoms with Gasteiger partial charge in [-0.1, -0.05) is 12.1 Å². The minimum atomic E-state index is -0.930. The van der Waals surface area contributed by atoms with Gasteiger partial charge in [-0.05, 0) is 49.3 Å². The lowest BCUT2D eigenvalue weighted by molar-refractivity contribution is -0.151. The molecule has 124 valence electrons. The van der Waals surface area contributed by atoms with Gasteiger partial charge >= 0.3 is 5.97 Å². The van der Waals surface area contributed by atoms with Crippen molar-refractivity contribution in [3.8, 4) is 11.4 Å². The van der Waals surface area contributed by atoms with E-state index in [0.29, 0.717) is 18.6 Å². The molecule has 2 aromatic rings. The van der Waals surface area contributed by atoms with E-state index < -0.39 is 12.1 Å². The number of carbonyl (C=O) groups is 1. The summed E-state index contributed by atoms with van der Waals surface area (Å²) in [5.74, 6) is 1.72. The van der Waals surface area contributed by atoms with Crippen LogP contribution in [-0.4, -0.2) is 32.4 Å². The van der Waals surface area contributed by atoms with Crippen LogP contribution in [0.2, 0.25) is 0 Å². The van der Waals surface area contributed by atoms with E-state index in [-0.39, 0.29) is 0 Å². The third kappa shape index (κ3) is 2.24. The van der Waals surface area contributed by atoms with E-state index in [2.05, 4.69) is 20.8 Å². The molecule has 1 N–H and O–H groups in total. The van der Waals surface area contributed by atoms with E-state index >= 15 is 0 Å². The molecule has 0 radical (unpaired) electrons. The average molecular weight is 325 g/mol. The van der Waals surface area contributed by atoms with Gasteiger partial charge in [0, 0.05) is 17.5 Å². The predicted octanol–water partition coefficient (Wildman–Crippen LogP) is 2.86. The molecule has 6 nitrogen and oxygen atoms in total. The van der Waals surface area contributed by atoms with Gasteiger partial charge in [0.25, 0.3) is 0 Å². The molecule has 5 rings (SSSR count). The van der Waals surface area contributed by atoms with Gasteiger partial charge in [0.2, 0.25) is 0 Å². The van der Waals surface area contributed by atoms with Crippen LogP contribution in [0.4, 0.5) is 0 Å². The molecular formula is C18H19N3O3. The number of carboxylic acids is 1. The second kappa shape index (κ2) is 5.14. The molecular weight excluding hydrogens is 306 g/mol. The highest BCUT2D eigenvalue weighted by molar-refractivity contribution is 5.76. The van der Waals surface area contributed by atoms with E-state index in [9.17, 15) is 9.90 Å². The van der Waals surface area contributed by atoms with E-state index in [0.717, 1.165) is 34.8 Å². The first kappa shape index (κ1) is 14.2. The molecule has 1 aromatic heterocycles. The SMILES string of the molecule is O=C(O)C1OCCc2cc(-c3nnc(C4CC4)n3C3CC3)ccc21. The van der Waals surface area contributed by atoms with Crippen molar-refractivity contribution in [2.75, 3.05) is 6.61 Å². The first-order valence-electron chi connectivity index (χ1n) is 8.65. The normalized spacial score (nSPS) is 23.1. The Hall–Kier alpha value is -2.21. The lowest BCUT2D eigenvalue weighted by Gasteiger charge is -2.23. The molecule has 24 heavy (non-hydrogen) atoms. The first-order chi connectivity index (χ1) is 11.7. The monoisotopic (exact) mass is 325 g/mol. The number of aromatic nitrogens is 3. The second-order valence-electron chi connectivity index (χ2n) is 7.01.